The minimum absolute atomic E-state index is 0.0280. The highest BCUT2D eigenvalue weighted by molar-refractivity contribution is 5.68. The van der Waals surface area contributed by atoms with E-state index < -0.39 is 35.0 Å². The highest BCUT2D eigenvalue weighted by atomic mass is 19.3. The average molecular weight is 372 g/mol. The molecule has 1 aromatic rings. The second kappa shape index (κ2) is 7.00. The van der Waals surface area contributed by atoms with Crippen LogP contribution in [0, 0.1) is 10.1 Å². The number of carbonyl (C=O) groups is 1. The molecule has 0 saturated carbocycles. The van der Waals surface area contributed by atoms with E-state index in [1.54, 1.807) is 20.8 Å². The minimum atomic E-state index is -3.11. The number of hydrogen-bond donors (Lipinski definition) is 0. The molecule has 1 aliphatic heterocycles. The Bertz CT molecular complexity index is 693. The Kier molecular flexibility index (Phi) is 5.33. The maximum absolute atomic E-state index is 14.4. The van der Waals surface area contributed by atoms with Gasteiger partial charge in [0.2, 0.25) is 0 Å². The summed E-state index contributed by atoms with van der Waals surface area (Å²) in [6.45, 7) is 4.71. The maximum atomic E-state index is 14.4. The summed E-state index contributed by atoms with van der Waals surface area (Å²) in [6, 6.07) is 1.02. The number of hydrogen-bond acceptors (Lipinski definition) is 6. The summed E-state index contributed by atoms with van der Waals surface area (Å²) in [4.78, 5) is 28.9. The smallest absolute Gasteiger partial charge is 0.410 e. The molecule has 1 aromatic heterocycles. The van der Waals surface area contributed by atoms with Gasteiger partial charge >= 0.3 is 6.09 Å². The second-order valence-corrected chi connectivity index (χ2v) is 7.19. The lowest BCUT2D eigenvalue weighted by Gasteiger charge is -2.42. The quantitative estimate of drug-likeness (QED) is 0.598. The molecule has 0 bridgehead atoms. The molecule has 0 aromatic carbocycles. The summed E-state index contributed by atoms with van der Waals surface area (Å²) in [5.74, 6) is -2.89. The molecule has 1 fully saturated rings. The van der Waals surface area contributed by atoms with Crippen LogP contribution in [0.2, 0.25) is 0 Å². The van der Waals surface area contributed by atoms with Gasteiger partial charge in [0.05, 0.1) is 11.0 Å². The van der Waals surface area contributed by atoms with Crippen molar-refractivity contribution in [2.75, 3.05) is 25.0 Å². The van der Waals surface area contributed by atoms with Gasteiger partial charge in [-0.15, -0.1) is 0 Å². The molecule has 0 spiro atoms. The normalized spacial score (nSPS) is 19.8. The van der Waals surface area contributed by atoms with E-state index in [0.29, 0.717) is 0 Å². The van der Waals surface area contributed by atoms with Crippen molar-refractivity contribution in [3.63, 3.8) is 0 Å². The topological polar surface area (TPSA) is 88.8 Å². The summed E-state index contributed by atoms with van der Waals surface area (Å²) in [7, 11) is 1.26. The number of alkyl halides is 2. The number of likely N-dealkylation sites (N-methyl/N-ethyl adjacent to an activating group) is 1. The first-order chi connectivity index (χ1) is 11.9. The zero-order valence-electron chi connectivity index (χ0n) is 15.1. The molecule has 1 saturated heterocycles. The van der Waals surface area contributed by atoms with Gasteiger partial charge in [0, 0.05) is 38.8 Å². The Hall–Kier alpha value is -2.52. The van der Waals surface area contributed by atoms with Crippen molar-refractivity contribution in [3.05, 3.63) is 28.4 Å². The SMILES string of the molecule is CN(C(=O)OC(C)(C)C)C1CN(c2cc([N+](=O)[O-])ccn2)CCC1(F)F. The summed E-state index contributed by atoms with van der Waals surface area (Å²) < 4.78 is 34.0. The summed E-state index contributed by atoms with van der Waals surface area (Å²) in [5, 5.41) is 10.9. The highest BCUT2D eigenvalue weighted by Crippen LogP contribution is 2.34. The van der Waals surface area contributed by atoms with E-state index in [2.05, 4.69) is 4.98 Å². The first kappa shape index (κ1) is 19.8. The van der Waals surface area contributed by atoms with Gasteiger partial charge in [-0.3, -0.25) is 10.1 Å². The molecular weight excluding hydrogens is 350 g/mol. The van der Waals surface area contributed by atoms with E-state index in [0.717, 1.165) is 4.90 Å². The van der Waals surface area contributed by atoms with Crippen molar-refractivity contribution >= 4 is 17.6 Å². The molecule has 1 atom stereocenters. The lowest BCUT2D eigenvalue weighted by atomic mass is 10.00. The van der Waals surface area contributed by atoms with Crippen LogP contribution in [0.1, 0.15) is 27.2 Å². The summed E-state index contributed by atoms with van der Waals surface area (Å²) in [5.41, 5.74) is -0.985. The number of piperidine rings is 1. The molecular formula is C16H22F2N4O4. The molecule has 0 radical (unpaired) electrons. The number of amides is 1. The molecule has 2 rings (SSSR count). The number of nitro groups is 1. The monoisotopic (exact) mass is 372 g/mol. The van der Waals surface area contributed by atoms with Crippen molar-refractivity contribution in [3.8, 4) is 0 Å². The third-order valence-corrected chi connectivity index (χ3v) is 4.01. The van der Waals surface area contributed by atoms with Crippen LogP contribution in [0.15, 0.2) is 18.3 Å². The van der Waals surface area contributed by atoms with Crippen LogP contribution in [-0.4, -0.2) is 58.6 Å². The number of anilines is 1. The van der Waals surface area contributed by atoms with E-state index in [1.165, 1.54) is 30.3 Å². The van der Waals surface area contributed by atoms with Crippen LogP contribution in [0.3, 0.4) is 0 Å². The van der Waals surface area contributed by atoms with E-state index in [-0.39, 0.29) is 24.6 Å². The van der Waals surface area contributed by atoms with Gasteiger partial charge in [0.25, 0.3) is 11.6 Å². The third-order valence-electron chi connectivity index (χ3n) is 4.01. The Morgan fingerprint density at radius 1 is 1.50 bits per heavy atom. The van der Waals surface area contributed by atoms with Gasteiger partial charge in [-0.25, -0.2) is 18.6 Å². The number of rotatable bonds is 3. The fourth-order valence-electron chi connectivity index (χ4n) is 2.65. The molecule has 0 aliphatic carbocycles. The number of ether oxygens (including phenoxy) is 1. The standard InChI is InChI=1S/C16H22F2N4O4/c1-15(2,3)26-14(23)20(4)12-10-21(8-6-16(12,17)18)13-9-11(22(24)25)5-7-19-13/h5,7,9,12H,6,8,10H2,1-4H3. The zero-order valence-corrected chi connectivity index (χ0v) is 15.1. The van der Waals surface area contributed by atoms with Gasteiger partial charge in [-0.1, -0.05) is 0 Å². The van der Waals surface area contributed by atoms with Crippen molar-refractivity contribution in [2.45, 2.75) is 44.8 Å². The van der Waals surface area contributed by atoms with Gasteiger partial charge in [-0.2, -0.15) is 0 Å². The molecule has 0 N–H and O–H groups in total. The number of pyridine rings is 1. The van der Waals surface area contributed by atoms with Gasteiger partial charge in [0.1, 0.15) is 17.5 Å². The van der Waals surface area contributed by atoms with Crippen LogP contribution in [0.25, 0.3) is 0 Å². The molecule has 8 nitrogen and oxygen atoms in total. The molecule has 1 aliphatic rings. The predicted molar refractivity (Wildman–Crippen MR) is 90.5 cm³/mol. The van der Waals surface area contributed by atoms with Crippen molar-refractivity contribution in [1.29, 1.82) is 0 Å². The molecule has 144 valence electrons. The third kappa shape index (κ3) is 4.55. The van der Waals surface area contributed by atoms with E-state index >= 15 is 0 Å². The molecule has 26 heavy (non-hydrogen) atoms. The molecule has 1 amide bonds. The van der Waals surface area contributed by atoms with Crippen LogP contribution < -0.4 is 4.90 Å². The number of aromatic nitrogens is 1. The van der Waals surface area contributed by atoms with Gasteiger partial charge in [0.15, 0.2) is 0 Å². The highest BCUT2D eigenvalue weighted by Gasteiger charge is 2.48. The first-order valence-electron chi connectivity index (χ1n) is 8.10. The van der Waals surface area contributed by atoms with E-state index in [1.807, 2.05) is 0 Å². The largest absolute Gasteiger partial charge is 0.444 e. The van der Waals surface area contributed by atoms with E-state index in [4.69, 9.17) is 4.74 Å². The number of nitrogens with zero attached hydrogens (tertiary/aromatic N) is 4. The van der Waals surface area contributed by atoms with Crippen molar-refractivity contribution < 1.29 is 23.2 Å². The number of carbonyl (C=O) groups excluding carboxylic acids is 1. The van der Waals surface area contributed by atoms with Crippen LogP contribution in [0.5, 0.6) is 0 Å². The van der Waals surface area contributed by atoms with Gasteiger partial charge < -0.3 is 14.5 Å². The lowest BCUT2D eigenvalue weighted by Crippen LogP contribution is -2.59. The first-order valence-corrected chi connectivity index (χ1v) is 8.10. The Labute approximate surface area is 149 Å². The Balaban J connectivity index is 2.22. The number of halogens is 2. The Morgan fingerprint density at radius 2 is 2.15 bits per heavy atom. The zero-order chi connectivity index (χ0) is 19.7. The second-order valence-electron chi connectivity index (χ2n) is 7.19. The van der Waals surface area contributed by atoms with E-state index in [9.17, 15) is 23.7 Å². The summed E-state index contributed by atoms with van der Waals surface area (Å²) >= 11 is 0. The summed E-state index contributed by atoms with van der Waals surface area (Å²) in [6.07, 6.45) is -0.0989. The fourth-order valence-corrected chi connectivity index (χ4v) is 2.65. The Morgan fingerprint density at radius 3 is 2.73 bits per heavy atom. The average Bonchev–Trinajstić information content (AvgIpc) is 2.52. The lowest BCUT2D eigenvalue weighted by molar-refractivity contribution is -0.384. The minimum Gasteiger partial charge on any atom is -0.444 e. The van der Waals surface area contributed by atoms with Crippen LogP contribution in [-0.2, 0) is 4.74 Å². The predicted octanol–water partition coefficient (Wildman–Crippen LogP) is 3.07. The molecule has 1 unspecified atom stereocenters. The fraction of sp³-hybridized carbons (Fsp3) is 0.625. The van der Waals surface area contributed by atoms with Crippen molar-refractivity contribution in [1.82, 2.24) is 9.88 Å². The molecule has 2 heterocycles. The van der Waals surface area contributed by atoms with Crippen molar-refractivity contribution in [2.24, 2.45) is 0 Å². The maximum Gasteiger partial charge on any atom is 0.410 e. The molecule has 10 heteroatoms. The van der Waals surface area contributed by atoms with Gasteiger partial charge in [-0.05, 0) is 20.8 Å². The van der Waals surface area contributed by atoms with Crippen LogP contribution in [0.4, 0.5) is 25.1 Å². The van der Waals surface area contributed by atoms with Crippen LogP contribution >= 0.6 is 0 Å².